The summed E-state index contributed by atoms with van der Waals surface area (Å²) in [6.07, 6.45) is 4.54. The molecule has 0 aliphatic heterocycles. The largest absolute Gasteiger partial charge is 0.478 e. The van der Waals surface area contributed by atoms with Crippen molar-refractivity contribution < 1.29 is 9.90 Å². The van der Waals surface area contributed by atoms with Crippen LogP contribution in [-0.2, 0) is 0 Å². The number of imidazole rings is 1. The lowest BCUT2D eigenvalue weighted by Crippen LogP contribution is -2.08. The van der Waals surface area contributed by atoms with Crippen LogP contribution >= 0.6 is 0 Å². The second kappa shape index (κ2) is 4.93. The van der Waals surface area contributed by atoms with Crippen LogP contribution in [-0.4, -0.2) is 20.6 Å². The Morgan fingerprint density at radius 3 is 2.85 bits per heavy atom. The van der Waals surface area contributed by atoms with Crippen molar-refractivity contribution in [2.45, 2.75) is 51.5 Å². The SMILES string of the molecule is CCCC(C)n1c(C2CC2)nc2c(C(=O)O)cccc21. The second-order valence-electron chi connectivity index (χ2n) is 5.73. The van der Waals surface area contributed by atoms with Gasteiger partial charge in [-0.25, -0.2) is 9.78 Å². The number of carboxylic acids is 1. The van der Waals surface area contributed by atoms with Crippen molar-refractivity contribution in [1.82, 2.24) is 9.55 Å². The number of hydrogen-bond donors (Lipinski definition) is 1. The van der Waals surface area contributed by atoms with E-state index in [0.29, 0.717) is 23.0 Å². The third-order valence-electron chi connectivity index (χ3n) is 4.07. The summed E-state index contributed by atoms with van der Waals surface area (Å²) in [7, 11) is 0. The molecule has 4 nitrogen and oxygen atoms in total. The minimum absolute atomic E-state index is 0.312. The molecule has 1 aliphatic carbocycles. The number of rotatable bonds is 5. The quantitative estimate of drug-likeness (QED) is 0.895. The number of carbonyl (C=O) groups is 1. The van der Waals surface area contributed by atoms with E-state index in [0.717, 1.165) is 24.2 Å². The molecule has 0 amide bonds. The Hall–Kier alpha value is -1.84. The molecule has 1 aromatic heterocycles. The van der Waals surface area contributed by atoms with Gasteiger partial charge >= 0.3 is 5.97 Å². The van der Waals surface area contributed by atoms with Gasteiger partial charge in [-0.05, 0) is 38.3 Å². The number of benzene rings is 1. The van der Waals surface area contributed by atoms with E-state index < -0.39 is 5.97 Å². The molecule has 0 saturated heterocycles. The van der Waals surface area contributed by atoms with E-state index in [4.69, 9.17) is 0 Å². The van der Waals surface area contributed by atoms with Crippen LogP contribution < -0.4 is 0 Å². The molecule has 0 spiro atoms. The van der Waals surface area contributed by atoms with Crippen LogP contribution in [0.3, 0.4) is 0 Å². The Labute approximate surface area is 118 Å². The fourth-order valence-corrected chi connectivity index (χ4v) is 2.95. The predicted molar refractivity (Wildman–Crippen MR) is 78.3 cm³/mol. The summed E-state index contributed by atoms with van der Waals surface area (Å²) in [6.45, 7) is 4.37. The molecule has 1 heterocycles. The number of hydrogen-bond acceptors (Lipinski definition) is 2. The van der Waals surface area contributed by atoms with Gasteiger partial charge in [0.15, 0.2) is 0 Å². The van der Waals surface area contributed by atoms with Crippen LogP contribution in [0.15, 0.2) is 18.2 Å². The molecular weight excluding hydrogens is 252 g/mol. The van der Waals surface area contributed by atoms with Crippen LogP contribution in [0.4, 0.5) is 0 Å². The van der Waals surface area contributed by atoms with E-state index in [9.17, 15) is 9.90 Å². The summed E-state index contributed by atoms with van der Waals surface area (Å²) in [6, 6.07) is 5.82. The summed E-state index contributed by atoms with van der Waals surface area (Å²) in [4.78, 5) is 16.0. The Balaban J connectivity index is 2.22. The highest BCUT2D eigenvalue weighted by atomic mass is 16.4. The van der Waals surface area contributed by atoms with Crippen molar-refractivity contribution in [2.75, 3.05) is 0 Å². The lowest BCUT2D eigenvalue weighted by Gasteiger charge is -2.16. The molecule has 0 bridgehead atoms. The topological polar surface area (TPSA) is 55.1 Å². The van der Waals surface area contributed by atoms with Crippen LogP contribution in [0, 0.1) is 0 Å². The van der Waals surface area contributed by atoms with Crippen molar-refractivity contribution in [2.24, 2.45) is 0 Å². The number of para-hydroxylation sites is 1. The number of fused-ring (bicyclic) bond motifs is 1. The summed E-state index contributed by atoms with van der Waals surface area (Å²) in [5.74, 6) is 0.698. The maximum atomic E-state index is 11.4. The Kier molecular flexibility index (Phi) is 3.24. The minimum Gasteiger partial charge on any atom is -0.478 e. The number of carboxylic acid groups (broad SMARTS) is 1. The standard InChI is InChI=1S/C16H20N2O2/c1-3-5-10(2)18-13-7-4-6-12(16(19)20)14(13)17-15(18)11-8-9-11/h4,6-7,10-11H,3,5,8-9H2,1-2H3,(H,19,20). The van der Waals surface area contributed by atoms with Gasteiger partial charge in [-0.15, -0.1) is 0 Å². The zero-order valence-corrected chi connectivity index (χ0v) is 12.0. The number of aromatic nitrogens is 2. The van der Waals surface area contributed by atoms with E-state index in [1.165, 1.54) is 12.8 Å². The lowest BCUT2D eigenvalue weighted by atomic mass is 10.1. The molecular formula is C16H20N2O2. The first-order valence-corrected chi connectivity index (χ1v) is 7.37. The molecule has 1 unspecified atom stereocenters. The highest BCUT2D eigenvalue weighted by molar-refractivity contribution is 6.01. The average molecular weight is 272 g/mol. The van der Waals surface area contributed by atoms with E-state index >= 15 is 0 Å². The van der Waals surface area contributed by atoms with Crippen molar-refractivity contribution in [1.29, 1.82) is 0 Å². The van der Waals surface area contributed by atoms with Gasteiger partial charge in [-0.1, -0.05) is 19.4 Å². The first-order valence-electron chi connectivity index (χ1n) is 7.37. The van der Waals surface area contributed by atoms with Crippen LogP contribution in [0.1, 0.15) is 67.7 Å². The highest BCUT2D eigenvalue weighted by Crippen LogP contribution is 2.42. The molecule has 1 fully saturated rings. The molecule has 4 heteroatoms. The lowest BCUT2D eigenvalue weighted by molar-refractivity contribution is 0.0699. The van der Waals surface area contributed by atoms with Gasteiger partial charge in [-0.3, -0.25) is 0 Å². The zero-order valence-electron chi connectivity index (χ0n) is 12.0. The molecule has 106 valence electrons. The van der Waals surface area contributed by atoms with Crippen molar-refractivity contribution in [3.05, 3.63) is 29.6 Å². The predicted octanol–water partition coefficient (Wildman–Crippen LogP) is 3.97. The fraction of sp³-hybridized carbons (Fsp3) is 0.500. The molecule has 20 heavy (non-hydrogen) atoms. The third-order valence-corrected chi connectivity index (χ3v) is 4.07. The van der Waals surface area contributed by atoms with Gasteiger partial charge in [0.2, 0.25) is 0 Å². The monoisotopic (exact) mass is 272 g/mol. The summed E-state index contributed by atoms with van der Waals surface area (Å²) >= 11 is 0. The van der Waals surface area contributed by atoms with Crippen LogP contribution in [0.5, 0.6) is 0 Å². The van der Waals surface area contributed by atoms with Gasteiger partial charge in [-0.2, -0.15) is 0 Å². The van der Waals surface area contributed by atoms with Gasteiger partial charge in [0.05, 0.1) is 11.1 Å². The Bertz CT molecular complexity index is 656. The van der Waals surface area contributed by atoms with Gasteiger partial charge < -0.3 is 9.67 Å². The van der Waals surface area contributed by atoms with Crippen LogP contribution in [0.2, 0.25) is 0 Å². The minimum atomic E-state index is -0.897. The highest BCUT2D eigenvalue weighted by Gasteiger charge is 2.31. The van der Waals surface area contributed by atoms with E-state index in [1.54, 1.807) is 6.07 Å². The normalized spacial score (nSPS) is 16.5. The van der Waals surface area contributed by atoms with Crippen molar-refractivity contribution in [3.8, 4) is 0 Å². The van der Waals surface area contributed by atoms with E-state index in [1.807, 2.05) is 12.1 Å². The Morgan fingerprint density at radius 2 is 2.25 bits per heavy atom. The summed E-state index contributed by atoms with van der Waals surface area (Å²) in [5, 5.41) is 9.33. The van der Waals surface area contributed by atoms with Gasteiger partial charge in [0, 0.05) is 12.0 Å². The van der Waals surface area contributed by atoms with E-state index in [-0.39, 0.29) is 0 Å². The number of aromatic carboxylic acids is 1. The maximum Gasteiger partial charge on any atom is 0.337 e. The zero-order chi connectivity index (χ0) is 14.3. The molecule has 0 radical (unpaired) electrons. The van der Waals surface area contributed by atoms with E-state index in [2.05, 4.69) is 23.4 Å². The maximum absolute atomic E-state index is 11.4. The van der Waals surface area contributed by atoms with Crippen molar-refractivity contribution in [3.63, 3.8) is 0 Å². The van der Waals surface area contributed by atoms with Gasteiger partial charge in [0.1, 0.15) is 11.3 Å². The summed E-state index contributed by atoms with van der Waals surface area (Å²) in [5.41, 5.74) is 1.92. The molecule has 1 aliphatic rings. The third kappa shape index (κ3) is 2.09. The van der Waals surface area contributed by atoms with Crippen LogP contribution in [0.25, 0.3) is 11.0 Å². The molecule has 1 atom stereocenters. The molecule has 1 N–H and O–H groups in total. The smallest absolute Gasteiger partial charge is 0.337 e. The molecule has 2 aromatic rings. The Morgan fingerprint density at radius 1 is 1.50 bits per heavy atom. The second-order valence-corrected chi connectivity index (χ2v) is 5.73. The first-order chi connectivity index (χ1) is 9.63. The number of nitrogens with zero attached hydrogens (tertiary/aromatic N) is 2. The summed E-state index contributed by atoms with van der Waals surface area (Å²) < 4.78 is 2.27. The fourth-order valence-electron chi connectivity index (χ4n) is 2.95. The molecule has 3 rings (SSSR count). The van der Waals surface area contributed by atoms with Crippen molar-refractivity contribution >= 4 is 17.0 Å². The molecule has 1 saturated carbocycles. The molecule has 1 aromatic carbocycles. The van der Waals surface area contributed by atoms with Gasteiger partial charge in [0.25, 0.3) is 0 Å². The first kappa shape index (κ1) is 13.2. The average Bonchev–Trinajstić information content (AvgIpc) is 3.18.